The number of ether oxygens (including phenoxy) is 1. The number of aromatic nitrogens is 1. The van der Waals surface area contributed by atoms with E-state index in [1.54, 1.807) is 30.5 Å². The van der Waals surface area contributed by atoms with Crippen LogP contribution in [0.25, 0.3) is 0 Å². The number of rotatable bonds is 4. The molecule has 0 radical (unpaired) electrons. The molecule has 0 saturated heterocycles. The average Bonchev–Trinajstić information content (AvgIpc) is 2.41. The number of pyridine rings is 1. The summed E-state index contributed by atoms with van der Waals surface area (Å²) in [5, 5.41) is 11.0. The number of para-hydroxylation sites is 1. The van der Waals surface area contributed by atoms with Gasteiger partial charge in [0, 0.05) is 24.4 Å². The highest BCUT2D eigenvalue weighted by molar-refractivity contribution is 9.10. The van der Waals surface area contributed by atoms with E-state index in [9.17, 15) is 10.1 Å². The Hall–Kier alpha value is -1.99. The highest BCUT2D eigenvalue weighted by atomic mass is 79.9. The van der Waals surface area contributed by atoms with Crippen LogP contribution in [0.1, 0.15) is 18.5 Å². The van der Waals surface area contributed by atoms with Crippen molar-refractivity contribution in [3.8, 4) is 11.6 Å². The van der Waals surface area contributed by atoms with Crippen molar-refractivity contribution in [1.82, 2.24) is 4.98 Å². The predicted octanol–water partition coefficient (Wildman–Crippen LogP) is 3.56. The van der Waals surface area contributed by atoms with Crippen molar-refractivity contribution >= 4 is 21.6 Å². The molecule has 1 aromatic heterocycles. The predicted molar refractivity (Wildman–Crippen MR) is 77.7 cm³/mol. The topological polar surface area (TPSA) is 91.3 Å². The summed E-state index contributed by atoms with van der Waals surface area (Å²) in [6.07, 6.45) is 1.55. The van der Waals surface area contributed by atoms with E-state index in [0.29, 0.717) is 4.47 Å². The monoisotopic (exact) mass is 337 g/mol. The summed E-state index contributed by atoms with van der Waals surface area (Å²) in [5.41, 5.74) is 6.49. The lowest BCUT2D eigenvalue weighted by molar-refractivity contribution is -0.385. The van der Waals surface area contributed by atoms with Crippen LogP contribution < -0.4 is 10.5 Å². The van der Waals surface area contributed by atoms with Gasteiger partial charge in [0.2, 0.25) is 11.6 Å². The van der Waals surface area contributed by atoms with Gasteiger partial charge in [0.25, 0.3) is 0 Å². The van der Waals surface area contributed by atoms with Gasteiger partial charge in [-0.2, -0.15) is 0 Å². The first kappa shape index (κ1) is 14.4. The fourth-order valence-corrected chi connectivity index (χ4v) is 2.05. The molecule has 1 heterocycles. The van der Waals surface area contributed by atoms with Crippen molar-refractivity contribution in [2.75, 3.05) is 0 Å². The van der Waals surface area contributed by atoms with E-state index in [0.717, 1.165) is 5.56 Å². The second-order valence-corrected chi connectivity index (χ2v) is 5.02. The Balaban J connectivity index is 2.40. The van der Waals surface area contributed by atoms with Crippen LogP contribution in [0.4, 0.5) is 5.69 Å². The Bertz CT molecular complexity index is 647. The Kier molecular flexibility index (Phi) is 4.31. The molecule has 6 nitrogen and oxygen atoms in total. The molecule has 0 spiro atoms. The molecule has 0 aliphatic carbocycles. The molecule has 0 aliphatic heterocycles. The van der Waals surface area contributed by atoms with E-state index in [4.69, 9.17) is 10.5 Å². The maximum Gasteiger partial charge on any atom is 0.312 e. The number of nitrogens with zero attached hydrogens (tertiary/aromatic N) is 2. The van der Waals surface area contributed by atoms with Crippen LogP contribution in [-0.4, -0.2) is 9.91 Å². The SMILES string of the molecule is C[C@H](N)c1ccnc(Oc2c(Br)cccc2[N+](=O)[O-])c1. The van der Waals surface area contributed by atoms with Gasteiger partial charge in [-0.1, -0.05) is 6.07 Å². The molecule has 0 unspecified atom stereocenters. The van der Waals surface area contributed by atoms with E-state index in [1.807, 2.05) is 6.92 Å². The molecule has 2 rings (SSSR count). The third kappa shape index (κ3) is 3.12. The summed E-state index contributed by atoms with van der Waals surface area (Å²) in [4.78, 5) is 14.5. The van der Waals surface area contributed by atoms with Gasteiger partial charge >= 0.3 is 5.69 Å². The highest BCUT2D eigenvalue weighted by Gasteiger charge is 2.19. The molecule has 0 bridgehead atoms. The standard InChI is InChI=1S/C13H12BrN3O3/c1-8(15)9-5-6-16-12(7-9)20-13-10(14)3-2-4-11(13)17(18)19/h2-8H,15H2,1H3/t8-/m0/s1. The quantitative estimate of drug-likeness (QED) is 0.680. The number of hydrogen-bond donors (Lipinski definition) is 1. The number of nitro groups is 1. The van der Waals surface area contributed by atoms with Gasteiger partial charge in [-0.3, -0.25) is 10.1 Å². The fourth-order valence-electron chi connectivity index (χ4n) is 1.61. The molecule has 1 atom stereocenters. The fraction of sp³-hybridized carbons (Fsp3) is 0.154. The lowest BCUT2D eigenvalue weighted by atomic mass is 10.1. The number of nitrogens with two attached hydrogens (primary N) is 1. The molecule has 20 heavy (non-hydrogen) atoms. The van der Waals surface area contributed by atoms with Crippen molar-refractivity contribution in [3.63, 3.8) is 0 Å². The molecular weight excluding hydrogens is 326 g/mol. The van der Waals surface area contributed by atoms with Crippen LogP contribution in [0.2, 0.25) is 0 Å². The summed E-state index contributed by atoms with van der Waals surface area (Å²) in [6, 6.07) is 7.86. The van der Waals surface area contributed by atoms with Crippen LogP contribution in [-0.2, 0) is 0 Å². The van der Waals surface area contributed by atoms with E-state index < -0.39 is 4.92 Å². The summed E-state index contributed by atoms with van der Waals surface area (Å²) >= 11 is 3.24. The van der Waals surface area contributed by atoms with Gasteiger partial charge < -0.3 is 10.5 Å². The summed E-state index contributed by atoms with van der Waals surface area (Å²) < 4.78 is 6.02. The third-order valence-corrected chi connectivity index (χ3v) is 3.26. The zero-order valence-electron chi connectivity index (χ0n) is 10.6. The average molecular weight is 338 g/mol. The Morgan fingerprint density at radius 1 is 1.45 bits per heavy atom. The minimum Gasteiger partial charge on any atom is -0.431 e. The molecular formula is C13H12BrN3O3. The largest absolute Gasteiger partial charge is 0.431 e. The summed E-state index contributed by atoms with van der Waals surface area (Å²) in [6.45, 7) is 1.83. The van der Waals surface area contributed by atoms with Gasteiger partial charge in [-0.25, -0.2) is 4.98 Å². The number of halogens is 1. The second kappa shape index (κ2) is 5.98. The van der Waals surface area contributed by atoms with Crippen LogP contribution in [0.3, 0.4) is 0 Å². The van der Waals surface area contributed by atoms with Crippen LogP contribution >= 0.6 is 15.9 Å². The normalized spacial score (nSPS) is 11.9. The van der Waals surface area contributed by atoms with Crippen molar-refractivity contribution in [2.24, 2.45) is 5.73 Å². The molecule has 1 aromatic carbocycles. The zero-order valence-corrected chi connectivity index (χ0v) is 12.2. The first-order valence-electron chi connectivity index (χ1n) is 5.81. The maximum absolute atomic E-state index is 11.0. The van der Waals surface area contributed by atoms with E-state index in [-0.39, 0.29) is 23.4 Å². The lowest BCUT2D eigenvalue weighted by Crippen LogP contribution is -2.05. The Labute approximate surface area is 123 Å². The Morgan fingerprint density at radius 2 is 2.20 bits per heavy atom. The molecule has 0 fully saturated rings. The smallest absolute Gasteiger partial charge is 0.312 e. The summed E-state index contributed by atoms with van der Waals surface area (Å²) in [5.74, 6) is 0.377. The van der Waals surface area contributed by atoms with Crippen LogP contribution in [0.15, 0.2) is 41.0 Å². The number of benzene rings is 1. The number of nitro benzene ring substituents is 1. The first-order valence-corrected chi connectivity index (χ1v) is 6.60. The van der Waals surface area contributed by atoms with Gasteiger partial charge in [-0.15, -0.1) is 0 Å². The van der Waals surface area contributed by atoms with Gasteiger partial charge in [0.1, 0.15) is 0 Å². The van der Waals surface area contributed by atoms with Crippen molar-refractivity contribution in [2.45, 2.75) is 13.0 Å². The zero-order chi connectivity index (χ0) is 14.7. The minimum absolute atomic E-state index is 0.117. The van der Waals surface area contributed by atoms with Gasteiger partial charge in [0.15, 0.2) is 0 Å². The highest BCUT2D eigenvalue weighted by Crippen LogP contribution is 2.37. The molecule has 0 aliphatic rings. The first-order chi connectivity index (χ1) is 9.49. The van der Waals surface area contributed by atoms with Gasteiger partial charge in [-0.05, 0) is 40.5 Å². The van der Waals surface area contributed by atoms with E-state index in [1.165, 1.54) is 6.07 Å². The van der Waals surface area contributed by atoms with E-state index >= 15 is 0 Å². The van der Waals surface area contributed by atoms with Gasteiger partial charge in [0.05, 0.1) is 9.40 Å². The molecule has 2 N–H and O–H groups in total. The lowest BCUT2D eigenvalue weighted by Gasteiger charge is -2.10. The molecule has 0 saturated carbocycles. The third-order valence-electron chi connectivity index (χ3n) is 2.63. The second-order valence-electron chi connectivity index (χ2n) is 4.16. The van der Waals surface area contributed by atoms with Crippen molar-refractivity contribution in [1.29, 1.82) is 0 Å². The van der Waals surface area contributed by atoms with Crippen molar-refractivity contribution in [3.05, 3.63) is 56.7 Å². The molecule has 2 aromatic rings. The summed E-state index contributed by atoms with van der Waals surface area (Å²) in [7, 11) is 0. The minimum atomic E-state index is -0.504. The van der Waals surface area contributed by atoms with Crippen LogP contribution in [0.5, 0.6) is 11.6 Å². The maximum atomic E-state index is 11.0. The molecule has 7 heteroatoms. The molecule has 0 amide bonds. The molecule has 104 valence electrons. The van der Waals surface area contributed by atoms with Crippen molar-refractivity contribution < 1.29 is 9.66 Å². The Morgan fingerprint density at radius 3 is 2.85 bits per heavy atom. The number of hydrogen-bond acceptors (Lipinski definition) is 5. The van der Waals surface area contributed by atoms with Crippen LogP contribution in [0, 0.1) is 10.1 Å². The van der Waals surface area contributed by atoms with E-state index in [2.05, 4.69) is 20.9 Å².